The van der Waals surface area contributed by atoms with Gasteiger partial charge in [-0.05, 0) is 42.9 Å². The Kier molecular flexibility index (Phi) is 6.60. The first-order chi connectivity index (χ1) is 14.2. The average Bonchev–Trinajstić information content (AvgIpc) is 3.25. The number of nitrogens with zero attached hydrogens (tertiary/aromatic N) is 1. The molecule has 0 bridgehead atoms. The van der Waals surface area contributed by atoms with Crippen molar-refractivity contribution in [2.45, 2.75) is 58.9 Å². The molecule has 1 fully saturated rings. The highest BCUT2D eigenvalue weighted by Gasteiger charge is 2.48. The van der Waals surface area contributed by atoms with Crippen LogP contribution in [-0.4, -0.2) is 54.8 Å². The zero-order valence-corrected chi connectivity index (χ0v) is 18.6. The van der Waals surface area contributed by atoms with Crippen LogP contribution in [0.2, 0.25) is 0 Å². The van der Waals surface area contributed by atoms with Gasteiger partial charge in [-0.15, -0.1) is 0 Å². The van der Waals surface area contributed by atoms with E-state index >= 15 is 0 Å². The predicted octanol–water partition coefficient (Wildman–Crippen LogP) is 3.70. The van der Waals surface area contributed by atoms with Crippen molar-refractivity contribution >= 4 is 11.8 Å². The van der Waals surface area contributed by atoms with E-state index in [1.165, 1.54) is 0 Å². The maximum absolute atomic E-state index is 12.5. The molecule has 7 heteroatoms. The molecule has 7 nitrogen and oxygen atoms in total. The second kappa shape index (κ2) is 8.84. The minimum absolute atomic E-state index is 0.0103. The van der Waals surface area contributed by atoms with Gasteiger partial charge in [0.1, 0.15) is 5.78 Å². The fraction of sp³-hybridized carbons (Fsp3) is 0.652. The summed E-state index contributed by atoms with van der Waals surface area (Å²) in [6, 6.07) is 3.49. The number of benzene rings is 1. The summed E-state index contributed by atoms with van der Waals surface area (Å²) in [5, 5.41) is 10.2. The Morgan fingerprint density at radius 2 is 2.03 bits per heavy atom. The minimum Gasteiger partial charge on any atom is -0.493 e. The predicted molar refractivity (Wildman–Crippen MR) is 112 cm³/mol. The normalized spacial score (nSPS) is 23.6. The third-order valence-corrected chi connectivity index (χ3v) is 6.26. The number of hydrogen-bond acceptors (Lipinski definition) is 6. The van der Waals surface area contributed by atoms with E-state index in [1.54, 1.807) is 14.0 Å². The van der Waals surface area contributed by atoms with Crippen molar-refractivity contribution in [3.63, 3.8) is 0 Å². The zero-order valence-electron chi connectivity index (χ0n) is 18.6. The number of carbonyl (C=O) groups excluding carboxylic acids is 1. The molecule has 0 spiro atoms. The molecule has 0 amide bonds. The summed E-state index contributed by atoms with van der Waals surface area (Å²) >= 11 is 0. The van der Waals surface area contributed by atoms with Gasteiger partial charge in [0.15, 0.2) is 11.5 Å². The van der Waals surface area contributed by atoms with E-state index in [0.717, 1.165) is 24.8 Å². The molecule has 0 aliphatic carbocycles. The first-order valence-corrected chi connectivity index (χ1v) is 10.6. The highest BCUT2D eigenvalue weighted by molar-refractivity contribution is 5.78. The topological polar surface area (TPSA) is 85.3 Å². The van der Waals surface area contributed by atoms with Crippen molar-refractivity contribution in [1.29, 1.82) is 0 Å². The third-order valence-electron chi connectivity index (χ3n) is 6.26. The van der Waals surface area contributed by atoms with Crippen LogP contribution in [0.5, 0.6) is 17.2 Å². The maximum Gasteiger partial charge on any atom is 0.308 e. The van der Waals surface area contributed by atoms with Crippen molar-refractivity contribution in [1.82, 2.24) is 4.90 Å². The summed E-state index contributed by atoms with van der Waals surface area (Å²) in [4.78, 5) is 26.5. The lowest BCUT2D eigenvalue weighted by Gasteiger charge is -2.34. The van der Waals surface area contributed by atoms with Crippen molar-refractivity contribution in [3.8, 4) is 17.2 Å². The zero-order chi connectivity index (χ0) is 22.1. The standard InChI is InChI=1S/C23H33NO6/c1-6-7-23(3,4)10-17-20(22(26)27)16(12-24(17)11-14(2)25)15-8-18(28-5)21-19(9-15)29-13-30-21/h8-9,16-17,20H,6-7,10-13H2,1-5H3,(H,26,27). The van der Waals surface area contributed by atoms with Crippen LogP contribution >= 0.6 is 0 Å². The van der Waals surface area contributed by atoms with E-state index in [1.807, 2.05) is 12.1 Å². The molecule has 2 heterocycles. The van der Waals surface area contributed by atoms with Gasteiger partial charge >= 0.3 is 5.97 Å². The Bertz CT molecular complexity index is 805. The van der Waals surface area contributed by atoms with Gasteiger partial charge in [0.25, 0.3) is 0 Å². The number of ketones is 1. The molecule has 1 aromatic rings. The molecule has 166 valence electrons. The maximum atomic E-state index is 12.5. The number of carboxylic acid groups (broad SMARTS) is 1. The summed E-state index contributed by atoms with van der Waals surface area (Å²) in [7, 11) is 1.56. The summed E-state index contributed by atoms with van der Waals surface area (Å²) in [6.07, 6.45) is 2.77. The Morgan fingerprint density at radius 1 is 1.30 bits per heavy atom. The van der Waals surface area contributed by atoms with Crippen molar-refractivity contribution < 1.29 is 28.9 Å². The fourth-order valence-electron chi connectivity index (χ4n) is 5.08. The number of carboxylic acids is 1. The van der Waals surface area contributed by atoms with Gasteiger partial charge in [-0.2, -0.15) is 0 Å². The lowest BCUT2D eigenvalue weighted by atomic mass is 9.76. The molecule has 3 atom stereocenters. The van der Waals surface area contributed by atoms with Crippen LogP contribution in [-0.2, 0) is 9.59 Å². The van der Waals surface area contributed by atoms with Crippen LogP contribution in [0.1, 0.15) is 58.4 Å². The molecule has 2 aliphatic heterocycles. The molecular formula is C23H33NO6. The number of Topliss-reactive ketones (excluding diaryl/α,β-unsaturated/α-hetero) is 1. The summed E-state index contributed by atoms with van der Waals surface area (Å²) < 4.78 is 16.5. The van der Waals surface area contributed by atoms with Gasteiger partial charge in [0.05, 0.1) is 19.6 Å². The number of ether oxygens (including phenoxy) is 3. The van der Waals surface area contributed by atoms with Crippen molar-refractivity contribution in [2.24, 2.45) is 11.3 Å². The lowest BCUT2D eigenvalue weighted by Crippen LogP contribution is -2.41. The van der Waals surface area contributed by atoms with Gasteiger partial charge in [-0.25, -0.2) is 0 Å². The second-order valence-electron chi connectivity index (χ2n) is 9.24. The van der Waals surface area contributed by atoms with Crippen molar-refractivity contribution in [3.05, 3.63) is 17.7 Å². The SMILES string of the molecule is CCCC(C)(C)CC1C(C(=O)O)C(c2cc(OC)c3c(c2)OCO3)CN1CC(C)=O. The quantitative estimate of drug-likeness (QED) is 0.653. The number of likely N-dealkylation sites (tertiary alicyclic amines) is 1. The number of methoxy groups -OCH3 is 1. The molecular weight excluding hydrogens is 386 g/mol. The Hall–Kier alpha value is -2.28. The molecule has 0 aromatic heterocycles. The summed E-state index contributed by atoms with van der Waals surface area (Å²) in [6.45, 7) is 8.94. The molecule has 2 aliphatic rings. The number of aliphatic carboxylic acids is 1. The molecule has 30 heavy (non-hydrogen) atoms. The van der Waals surface area contributed by atoms with E-state index in [-0.39, 0.29) is 36.5 Å². The third kappa shape index (κ3) is 4.56. The highest BCUT2D eigenvalue weighted by Crippen LogP contribution is 2.48. The second-order valence-corrected chi connectivity index (χ2v) is 9.24. The summed E-state index contributed by atoms with van der Waals surface area (Å²) in [5.74, 6) is -0.0229. The molecule has 0 saturated carbocycles. The molecule has 1 aromatic carbocycles. The molecule has 3 rings (SSSR count). The number of hydrogen-bond donors (Lipinski definition) is 1. The van der Waals surface area contributed by atoms with Gasteiger partial charge < -0.3 is 19.3 Å². The molecule has 3 unspecified atom stereocenters. The largest absolute Gasteiger partial charge is 0.493 e. The van der Waals surface area contributed by atoms with Gasteiger partial charge in [-0.1, -0.05) is 27.2 Å². The summed E-state index contributed by atoms with van der Waals surface area (Å²) in [5.41, 5.74) is 0.830. The number of carbonyl (C=O) groups is 2. The Balaban J connectivity index is 2.00. The van der Waals surface area contributed by atoms with E-state index in [4.69, 9.17) is 14.2 Å². The fourth-order valence-corrected chi connectivity index (χ4v) is 5.08. The molecule has 1 N–H and O–H groups in total. The van der Waals surface area contributed by atoms with E-state index in [9.17, 15) is 14.7 Å². The van der Waals surface area contributed by atoms with E-state index in [2.05, 4.69) is 25.7 Å². The highest BCUT2D eigenvalue weighted by atomic mass is 16.7. The smallest absolute Gasteiger partial charge is 0.308 e. The van der Waals surface area contributed by atoms with Gasteiger partial charge in [0.2, 0.25) is 12.5 Å². The van der Waals surface area contributed by atoms with E-state index in [0.29, 0.717) is 23.8 Å². The van der Waals surface area contributed by atoms with Crippen LogP contribution in [0, 0.1) is 11.3 Å². The van der Waals surface area contributed by atoms with Crippen molar-refractivity contribution in [2.75, 3.05) is 27.0 Å². The van der Waals surface area contributed by atoms with Gasteiger partial charge in [-0.3, -0.25) is 14.5 Å². The van der Waals surface area contributed by atoms with Gasteiger partial charge in [0, 0.05) is 18.5 Å². The Labute approximate surface area is 178 Å². The van der Waals surface area contributed by atoms with Crippen LogP contribution in [0.15, 0.2) is 12.1 Å². The monoisotopic (exact) mass is 419 g/mol. The Morgan fingerprint density at radius 3 is 2.63 bits per heavy atom. The van der Waals surface area contributed by atoms with E-state index < -0.39 is 11.9 Å². The van der Waals surface area contributed by atoms with Crippen LogP contribution in [0.4, 0.5) is 0 Å². The average molecular weight is 420 g/mol. The first-order valence-electron chi connectivity index (χ1n) is 10.6. The van der Waals surface area contributed by atoms with Crippen LogP contribution in [0.3, 0.4) is 0 Å². The first kappa shape index (κ1) is 22.4. The van der Waals surface area contributed by atoms with Crippen LogP contribution < -0.4 is 14.2 Å². The molecule has 0 radical (unpaired) electrons. The van der Waals surface area contributed by atoms with Crippen LogP contribution in [0.25, 0.3) is 0 Å². The number of rotatable bonds is 9. The molecule has 1 saturated heterocycles. The number of fused-ring (bicyclic) bond motifs is 1. The lowest BCUT2D eigenvalue weighted by molar-refractivity contribution is -0.143. The minimum atomic E-state index is -0.833.